The van der Waals surface area contributed by atoms with E-state index in [0.29, 0.717) is 12.2 Å². The van der Waals surface area contributed by atoms with Gasteiger partial charge in [0.1, 0.15) is 13.2 Å². The minimum Gasteiger partial charge on any atom is -0.456 e. The zero-order valence-corrected chi connectivity index (χ0v) is 12.9. The lowest BCUT2D eigenvalue weighted by Crippen LogP contribution is -3.12. The van der Waals surface area contributed by atoms with Gasteiger partial charge in [-0.1, -0.05) is 31.6 Å². The zero-order chi connectivity index (χ0) is 14.9. The maximum absolute atomic E-state index is 12.0. The van der Waals surface area contributed by atoms with E-state index in [1.807, 2.05) is 24.3 Å². The summed E-state index contributed by atoms with van der Waals surface area (Å²) in [6, 6.07) is 7.83. The molecule has 21 heavy (non-hydrogen) atoms. The average Bonchev–Trinajstić information content (AvgIpc) is 2.54. The Labute approximate surface area is 127 Å². The first kappa shape index (κ1) is 15.8. The summed E-state index contributed by atoms with van der Waals surface area (Å²) in [4.78, 5) is 13.5. The van der Waals surface area contributed by atoms with Crippen molar-refractivity contribution in [2.45, 2.75) is 32.6 Å². The van der Waals surface area contributed by atoms with Crippen molar-refractivity contribution < 1.29 is 14.4 Å². The Morgan fingerprint density at radius 3 is 2.71 bits per heavy atom. The van der Waals surface area contributed by atoms with Crippen LogP contribution in [0.3, 0.4) is 0 Å². The van der Waals surface area contributed by atoms with Crippen molar-refractivity contribution in [3.8, 4) is 0 Å². The predicted octanol–water partition coefficient (Wildman–Crippen LogP) is 2.03. The largest absolute Gasteiger partial charge is 0.456 e. The van der Waals surface area contributed by atoms with Crippen LogP contribution in [0.25, 0.3) is 0 Å². The third-order valence-corrected chi connectivity index (χ3v) is 3.94. The van der Waals surface area contributed by atoms with Crippen LogP contribution >= 0.6 is 0 Å². The van der Waals surface area contributed by atoms with E-state index in [0.717, 1.165) is 32.5 Å². The first-order chi connectivity index (χ1) is 10.3. The standard InChI is InChI=1S/C18H25NO2/c1-2-3-7-16-8-10-17(11-9-16)18(20)21-15-14-19-12-5-4-6-13-19/h4-5,8-11H,2-3,6-7,12-15H2,1H3/p+1. The monoisotopic (exact) mass is 288 g/mol. The summed E-state index contributed by atoms with van der Waals surface area (Å²) < 4.78 is 5.37. The highest BCUT2D eigenvalue weighted by atomic mass is 16.5. The second kappa shape index (κ2) is 8.63. The van der Waals surface area contributed by atoms with Crippen LogP contribution in [-0.4, -0.2) is 32.2 Å². The molecule has 0 aliphatic carbocycles. The van der Waals surface area contributed by atoms with E-state index < -0.39 is 0 Å². The maximum Gasteiger partial charge on any atom is 0.338 e. The van der Waals surface area contributed by atoms with E-state index in [-0.39, 0.29) is 5.97 Å². The molecule has 0 radical (unpaired) electrons. The average molecular weight is 288 g/mol. The predicted molar refractivity (Wildman–Crippen MR) is 84.7 cm³/mol. The molecule has 0 amide bonds. The van der Waals surface area contributed by atoms with Crippen LogP contribution in [0.2, 0.25) is 0 Å². The third kappa shape index (κ3) is 5.35. The molecule has 1 aliphatic rings. The summed E-state index contributed by atoms with van der Waals surface area (Å²) in [6.45, 7) is 5.76. The number of nitrogens with one attached hydrogen (secondary N) is 1. The molecule has 1 heterocycles. The van der Waals surface area contributed by atoms with Crippen LogP contribution in [0, 0.1) is 0 Å². The van der Waals surface area contributed by atoms with E-state index in [1.54, 1.807) is 0 Å². The van der Waals surface area contributed by atoms with E-state index in [9.17, 15) is 4.79 Å². The van der Waals surface area contributed by atoms with Gasteiger partial charge < -0.3 is 9.64 Å². The van der Waals surface area contributed by atoms with Crippen molar-refractivity contribution in [3.05, 3.63) is 47.5 Å². The molecule has 1 atom stereocenters. The first-order valence-electron chi connectivity index (χ1n) is 8.04. The van der Waals surface area contributed by atoms with Gasteiger partial charge in [0.15, 0.2) is 0 Å². The summed E-state index contributed by atoms with van der Waals surface area (Å²) in [6.07, 6.45) is 9.01. The van der Waals surface area contributed by atoms with Crippen molar-refractivity contribution in [2.75, 3.05) is 26.2 Å². The highest BCUT2D eigenvalue weighted by molar-refractivity contribution is 5.89. The molecule has 1 aromatic rings. The van der Waals surface area contributed by atoms with Gasteiger partial charge in [-0.05, 0) is 36.6 Å². The molecule has 2 rings (SSSR count). The van der Waals surface area contributed by atoms with Gasteiger partial charge in [0, 0.05) is 6.42 Å². The molecule has 114 valence electrons. The molecule has 3 nitrogen and oxygen atoms in total. The van der Waals surface area contributed by atoms with Crippen molar-refractivity contribution >= 4 is 5.97 Å². The van der Waals surface area contributed by atoms with Gasteiger partial charge in [-0.25, -0.2) is 4.79 Å². The number of aryl methyl sites for hydroxylation is 1. The molecule has 0 spiro atoms. The lowest BCUT2D eigenvalue weighted by atomic mass is 10.1. The summed E-state index contributed by atoms with van der Waals surface area (Å²) in [7, 11) is 0. The topological polar surface area (TPSA) is 30.7 Å². The van der Waals surface area contributed by atoms with E-state index in [1.165, 1.54) is 23.3 Å². The van der Waals surface area contributed by atoms with Crippen molar-refractivity contribution in [1.29, 1.82) is 0 Å². The smallest absolute Gasteiger partial charge is 0.338 e. The van der Waals surface area contributed by atoms with Gasteiger partial charge in [-0.3, -0.25) is 0 Å². The minimum atomic E-state index is -0.205. The summed E-state index contributed by atoms with van der Waals surface area (Å²) in [5.41, 5.74) is 1.95. The Morgan fingerprint density at radius 2 is 2.05 bits per heavy atom. The second-order valence-corrected chi connectivity index (χ2v) is 5.65. The number of esters is 1. The van der Waals surface area contributed by atoms with Crippen LogP contribution in [0.1, 0.15) is 42.1 Å². The van der Waals surface area contributed by atoms with Gasteiger partial charge in [0.05, 0.1) is 18.7 Å². The SMILES string of the molecule is CCCCc1ccc(C(=O)OCC[NH+]2CC=CCC2)cc1. The lowest BCUT2D eigenvalue weighted by Gasteiger charge is -2.19. The molecule has 0 aromatic heterocycles. The number of unbranched alkanes of at least 4 members (excludes halogenated alkanes) is 1. The molecular formula is C18H26NO2+. The Balaban J connectivity index is 1.73. The van der Waals surface area contributed by atoms with E-state index in [4.69, 9.17) is 4.74 Å². The first-order valence-corrected chi connectivity index (χ1v) is 8.04. The van der Waals surface area contributed by atoms with Crippen LogP contribution in [0.5, 0.6) is 0 Å². The number of hydrogen-bond acceptors (Lipinski definition) is 2. The van der Waals surface area contributed by atoms with Crippen molar-refractivity contribution in [1.82, 2.24) is 0 Å². The fourth-order valence-corrected chi connectivity index (χ4v) is 2.54. The van der Waals surface area contributed by atoms with E-state index >= 15 is 0 Å². The van der Waals surface area contributed by atoms with Gasteiger partial charge in [0.25, 0.3) is 0 Å². The zero-order valence-electron chi connectivity index (χ0n) is 12.9. The number of hydrogen-bond donors (Lipinski definition) is 1. The maximum atomic E-state index is 12.0. The Morgan fingerprint density at radius 1 is 1.24 bits per heavy atom. The number of benzene rings is 1. The Hall–Kier alpha value is -1.61. The lowest BCUT2D eigenvalue weighted by molar-refractivity contribution is -0.895. The quantitative estimate of drug-likeness (QED) is 0.615. The number of carbonyl (C=O) groups is 1. The highest BCUT2D eigenvalue weighted by Crippen LogP contribution is 2.08. The molecule has 0 saturated heterocycles. The molecular weight excluding hydrogens is 262 g/mol. The van der Waals surface area contributed by atoms with Gasteiger partial charge in [-0.15, -0.1) is 0 Å². The molecule has 1 N–H and O–H groups in total. The molecule has 0 bridgehead atoms. The van der Waals surface area contributed by atoms with Crippen molar-refractivity contribution in [2.24, 2.45) is 0 Å². The van der Waals surface area contributed by atoms with Gasteiger partial charge in [0.2, 0.25) is 0 Å². The van der Waals surface area contributed by atoms with Crippen LogP contribution in [0.4, 0.5) is 0 Å². The molecule has 1 unspecified atom stereocenters. The third-order valence-electron chi connectivity index (χ3n) is 3.94. The second-order valence-electron chi connectivity index (χ2n) is 5.65. The minimum absolute atomic E-state index is 0.205. The fraction of sp³-hybridized carbons (Fsp3) is 0.500. The molecule has 1 aliphatic heterocycles. The van der Waals surface area contributed by atoms with Gasteiger partial charge >= 0.3 is 5.97 Å². The fourth-order valence-electron chi connectivity index (χ4n) is 2.54. The van der Waals surface area contributed by atoms with Crippen LogP contribution < -0.4 is 4.90 Å². The number of carbonyl (C=O) groups excluding carboxylic acids is 1. The molecule has 0 saturated carbocycles. The van der Waals surface area contributed by atoms with Crippen molar-refractivity contribution in [3.63, 3.8) is 0 Å². The van der Waals surface area contributed by atoms with Gasteiger partial charge in [-0.2, -0.15) is 0 Å². The molecule has 0 fully saturated rings. The van der Waals surface area contributed by atoms with Crippen LogP contribution in [0.15, 0.2) is 36.4 Å². The summed E-state index contributed by atoms with van der Waals surface area (Å²) in [5, 5.41) is 0. The Bertz CT molecular complexity index is 465. The normalized spacial score (nSPS) is 17.7. The number of rotatable bonds is 7. The highest BCUT2D eigenvalue weighted by Gasteiger charge is 2.11. The van der Waals surface area contributed by atoms with Crippen LogP contribution in [-0.2, 0) is 11.2 Å². The number of quaternary nitrogens is 1. The molecule has 1 aromatic carbocycles. The number of ether oxygens (including phenoxy) is 1. The summed E-state index contributed by atoms with van der Waals surface area (Å²) >= 11 is 0. The summed E-state index contributed by atoms with van der Waals surface area (Å²) in [5.74, 6) is -0.205. The van der Waals surface area contributed by atoms with E-state index in [2.05, 4.69) is 19.1 Å². The Kier molecular flexibility index (Phi) is 6.48. The molecule has 3 heteroatoms.